The Bertz CT molecular complexity index is 921. The summed E-state index contributed by atoms with van der Waals surface area (Å²) in [6.45, 7) is 1.07. The molecule has 1 aromatic heterocycles. The predicted octanol–water partition coefficient (Wildman–Crippen LogP) is -1.96. The van der Waals surface area contributed by atoms with Gasteiger partial charge in [-0.15, -0.1) is 6.61 Å². The molecular weight excluding hydrogens is 376 g/mol. The van der Waals surface area contributed by atoms with Crippen molar-refractivity contribution in [3.8, 4) is 0 Å². The molecule has 11 heteroatoms. The number of aromatic nitrogens is 2. The highest BCUT2D eigenvalue weighted by atomic mass is 32.2. The molecule has 1 saturated heterocycles. The highest BCUT2D eigenvalue weighted by Gasteiger charge is 2.45. The largest absolute Gasteiger partial charge is 0.853 e. The molecule has 1 fully saturated rings. The van der Waals surface area contributed by atoms with Crippen LogP contribution in [0.5, 0.6) is 0 Å². The van der Waals surface area contributed by atoms with Crippen LogP contribution in [0.2, 0.25) is 0 Å². The van der Waals surface area contributed by atoms with E-state index in [1.54, 1.807) is 12.1 Å². The summed E-state index contributed by atoms with van der Waals surface area (Å²) in [4.78, 5) is 3.96. The molecule has 3 rings (SSSR count). The molecule has 4 unspecified atom stereocenters. The van der Waals surface area contributed by atoms with Gasteiger partial charge in [-0.25, -0.2) is 4.57 Å². The third kappa shape index (κ3) is 3.87. The van der Waals surface area contributed by atoms with Crippen LogP contribution < -0.4 is 20.1 Å². The topological polar surface area (TPSA) is 162 Å². The summed E-state index contributed by atoms with van der Waals surface area (Å²) in [6.07, 6.45) is -3.83. The number of nitrogens with zero attached hydrogens (tertiary/aromatic N) is 2. The Hall–Kier alpha value is -2.31. The number of nitrogens with two attached hydrogens (primary N) is 1. The van der Waals surface area contributed by atoms with Gasteiger partial charge < -0.3 is 25.8 Å². The summed E-state index contributed by atoms with van der Waals surface area (Å²) in [5, 5.41) is 31.2. The van der Waals surface area contributed by atoms with Crippen molar-refractivity contribution in [1.82, 2.24) is 4.98 Å². The molecule has 0 amide bonds. The number of nitrogen functional groups attached to an aromatic ring is 1. The van der Waals surface area contributed by atoms with Crippen molar-refractivity contribution >= 4 is 21.8 Å². The standard InChI is InChI=1S/C16H19N4O6S/c1-9-2-4-10(5-3-9)27(24,25)19-16-18-12(17)6-7-20(16)15-14(23)13(22)11(8-21)26-15/h2-7,11,13-15,22-23H,8H2,1H3,(H2,17,18,19)/q-1/p+1. The Morgan fingerprint density at radius 1 is 1.26 bits per heavy atom. The number of nitrogens with one attached hydrogen (secondary N) is 1. The molecule has 2 aromatic rings. The molecular formula is C16H20N4O6S. The zero-order chi connectivity index (χ0) is 19.8. The maximum atomic E-state index is 12.6. The average Bonchev–Trinajstić information content (AvgIpc) is 2.90. The van der Waals surface area contributed by atoms with Crippen LogP contribution in [0.1, 0.15) is 11.8 Å². The monoisotopic (exact) mass is 396 g/mol. The van der Waals surface area contributed by atoms with Crippen molar-refractivity contribution < 1.29 is 33.0 Å². The summed E-state index contributed by atoms with van der Waals surface area (Å²) in [6, 6.07) is 7.54. The minimum Gasteiger partial charge on any atom is -0.853 e. The van der Waals surface area contributed by atoms with Crippen molar-refractivity contribution in [3.63, 3.8) is 0 Å². The van der Waals surface area contributed by atoms with Crippen LogP contribution in [0.4, 0.5) is 11.8 Å². The van der Waals surface area contributed by atoms with Gasteiger partial charge >= 0.3 is 16.0 Å². The minimum atomic E-state index is -4.00. The van der Waals surface area contributed by atoms with E-state index in [9.17, 15) is 23.7 Å². The molecule has 0 radical (unpaired) electrons. The van der Waals surface area contributed by atoms with Crippen LogP contribution in [0.15, 0.2) is 41.4 Å². The molecule has 1 aliphatic heterocycles. The highest BCUT2D eigenvalue weighted by Crippen LogP contribution is 2.26. The van der Waals surface area contributed by atoms with E-state index in [2.05, 4.69) is 9.71 Å². The number of sulfonamides is 1. The predicted molar refractivity (Wildman–Crippen MR) is 91.6 cm³/mol. The molecule has 0 bridgehead atoms. The molecule has 0 spiro atoms. The first-order valence-electron chi connectivity index (χ1n) is 8.10. The molecule has 1 aliphatic rings. The fraction of sp³-hybridized carbons (Fsp3) is 0.375. The third-order valence-corrected chi connectivity index (χ3v) is 5.56. The van der Waals surface area contributed by atoms with E-state index in [1.165, 1.54) is 29.0 Å². The van der Waals surface area contributed by atoms with Gasteiger partial charge in [0.05, 0.1) is 12.3 Å². The number of anilines is 2. The lowest BCUT2D eigenvalue weighted by atomic mass is 10.1. The van der Waals surface area contributed by atoms with E-state index in [-0.39, 0.29) is 16.7 Å². The van der Waals surface area contributed by atoms with Crippen LogP contribution in [-0.4, -0.2) is 48.5 Å². The fourth-order valence-electron chi connectivity index (χ4n) is 2.72. The van der Waals surface area contributed by atoms with Gasteiger partial charge in [-0.1, -0.05) is 22.7 Å². The SMILES string of the molecule is Cc1ccc(S(=O)(=O)Nc2nc(N)cc[n+]2C2OC(C[O-])C(O)C2O)cc1. The number of benzene rings is 1. The zero-order valence-corrected chi connectivity index (χ0v) is 15.2. The van der Waals surface area contributed by atoms with E-state index in [0.717, 1.165) is 5.56 Å². The molecule has 0 saturated carbocycles. The van der Waals surface area contributed by atoms with Crippen LogP contribution in [0.25, 0.3) is 0 Å². The first-order chi connectivity index (χ1) is 12.7. The first kappa shape index (κ1) is 19.5. The van der Waals surface area contributed by atoms with Crippen molar-refractivity contribution in [2.75, 3.05) is 17.1 Å². The summed E-state index contributed by atoms with van der Waals surface area (Å²) in [7, 11) is -4.00. The van der Waals surface area contributed by atoms with Crippen molar-refractivity contribution in [3.05, 3.63) is 42.1 Å². The second-order valence-electron chi connectivity index (χ2n) is 6.21. The molecule has 4 atom stereocenters. The number of aryl methyl sites for hydroxylation is 1. The van der Waals surface area contributed by atoms with Gasteiger partial charge in [-0.05, 0) is 19.1 Å². The van der Waals surface area contributed by atoms with Crippen LogP contribution in [0, 0.1) is 6.92 Å². The van der Waals surface area contributed by atoms with Gasteiger partial charge in [0.15, 0.2) is 0 Å². The normalized spacial score (nSPS) is 25.5. The lowest BCUT2D eigenvalue weighted by Crippen LogP contribution is -2.49. The molecule has 2 heterocycles. The summed E-state index contributed by atoms with van der Waals surface area (Å²) >= 11 is 0. The number of hydrogen-bond acceptors (Lipinski definition) is 8. The fourth-order valence-corrected chi connectivity index (χ4v) is 3.72. The average molecular weight is 396 g/mol. The van der Waals surface area contributed by atoms with E-state index in [0.29, 0.717) is 0 Å². The minimum absolute atomic E-state index is 0.00855. The summed E-state index contributed by atoms with van der Waals surface area (Å²) < 4.78 is 34.1. The van der Waals surface area contributed by atoms with Gasteiger partial charge in [0.2, 0.25) is 12.0 Å². The van der Waals surface area contributed by atoms with E-state index >= 15 is 0 Å². The lowest BCUT2D eigenvalue weighted by Gasteiger charge is -2.17. The van der Waals surface area contributed by atoms with E-state index in [1.807, 2.05) is 6.92 Å². The highest BCUT2D eigenvalue weighted by molar-refractivity contribution is 7.92. The smallest absolute Gasteiger partial charge is 0.411 e. The van der Waals surface area contributed by atoms with Crippen molar-refractivity contribution in [1.29, 1.82) is 0 Å². The van der Waals surface area contributed by atoms with Gasteiger partial charge in [0, 0.05) is 6.07 Å². The maximum Gasteiger partial charge on any atom is 0.411 e. The Kier molecular flexibility index (Phi) is 5.31. The number of aliphatic hydroxyl groups is 2. The Morgan fingerprint density at radius 2 is 1.93 bits per heavy atom. The maximum absolute atomic E-state index is 12.6. The number of aliphatic hydroxyl groups excluding tert-OH is 2. The molecule has 0 aliphatic carbocycles. The van der Waals surface area contributed by atoms with E-state index < -0.39 is 41.2 Å². The second kappa shape index (κ2) is 7.37. The van der Waals surface area contributed by atoms with Crippen molar-refractivity contribution in [2.24, 2.45) is 0 Å². The van der Waals surface area contributed by atoms with Crippen LogP contribution in [-0.2, 0) is 14.8 Å². The zero-order valence-electron chi connectivity index (χ0n) is 14.4. The first-order valence-corrected chi connectivity index (χ1v) is 9.58. The Labute approximate surface area is 155 Å². The van der Waals surface area contributed by atoms with Crippen LogP contribution >= 0.6 is 0 Å². The Balaban J connectivity index is 1.97. The summed E-state index contributed by atoms with van der Waals surface area (Å²) in [5.74, 6) is -0.195. The van der Waals surface area contributed by atoms with E-state index in [4.69, 9.17) is 10.5 Å². The van der Waals surface area contributed by atoms with Crippen molar-refractivity contribution in [2.45, 2.75) is 36.4 Å². The number of rotatable bonds is 5. The quantitative estimate of drug-likeness (QED) is 0.424. The van der Waals surface area contributed by atoms with Gasteiger partial charge in [-0.3, -0.25) is 0 Å². The third-order valence-electron chi connectivity index (χ3n) is 4.22. The number of hydrogen-bond donors (Lipinski definition) is 4. The Morgan fingerprint density at radius 3 is 2.52 bits per heavy atom. The molecule has 146 valence electrons. The van der Waals surface area contributed by atoms with Gasteiger partial charge in [-0.2, -0.15) is 13.1 Å². The summed E-state index contributed by atoms with van der Waals surface area (Å²) in [5.41, 5.74) is 6.55. The molecule has 5 N–H and O–H groups in total. The number of ether oxygens (including phenoxy) is 1. The van der Waals surface area contributed by atoms with Crippen LogP contribution in [0.3, 0.4) is 0 Å². The molecule has 1 aromatic carbocycles. The van der Waals surface area contributed by atoms with Gasteiger partial charge in [0.1, 0.15) is 17.1 Å². The molecule has 10 nitrogen and oxygen atoms in total. The molecule has 27 heavy (non-hydrogen) atoms. The second-order valence-corrected chi connectivity index (χ2v) is 7.90. The lowest BCUT2D eigenvalue weighted by molar-refractivity contribution is -0.755. The van der Waals surface area contributed by atoms with Gasteiger partial charge in [0.25, 0.3) is 0 Å².